The Morgan fingerprint density at radius 3 is 0.980 bits per heavy atom. The van der Waals surface area contributed by atoms with Crippen LogP contribution >= 0.6 is 23.5 Å². The van der Waals surface area contributed by atoms with Crippen LogP contribution in [-0.4, -0.2) is 13.4 Å². The summed E-state index contributed by atoms with van der Waals surface area (Å²) < 4.78 is 0. The second-order valence-electron chi connectivity index (χ2n) is 14.7. The highest BCUT2D eigenvalue weighted by atomic mass is 32.2. The first-order valence-electron chi connectivity index (χ1n) is 18.0. The highest BCUT2D eigenvalue weighted by Crippen LogP contribution is 2.41. The molecule has 0 saturated carbocycles. The molecule has 0 saturated heterocycles. The van der Waals surface area contributed by atoms with E-state index in [0.29, 0.717) is 11.8 Å². The molecule has 0 spiro atoms. The summed E-state index contributed by atoms with van der Waals surface area (Å²) in [5.41, 5.74) is 11.4. The van der Waals surface area contributed by atoms with E-state index in [1.807, 2.05) is 23.5 Å². The average molecular weight is 675 g/mol. The number of fused-ring (bicyclic) bond motifs is 4. The van der Waals surface area contributed by atoms with Crippen molar-refractivity contribution in [1.29, 1.82) is 0 Å². The minimum Gasteiger partial charge on any atom is -0.0912 e. The zero-order valence-electron chi connectivity index (χ0n) is 28.8. The minimum absolute atomic E-state index is 0.170. The maximum Gasteiger partial charge on any atom is 0.244 e. The molecule has 2 aliphatic heterocycles. The molecule has 2 heterocycles. The number of rotatable bonds is 4. The van der Waals surface area contributed by atoms with Crippen LogP contribution in [0.2, 0.25) is 0 Å². The fraction of sp³-hybridized carbons (Fsp3) is 0.130. The first kappa shape index (κ1) is 30.5. The largest absolute Gasteiger partial charge is 0.244 e. The second-order valence-corrected chi connectivity index (χ2v) is 16.9. The zero-order chi connectivity index (χ0) is 33.7. The van der Waals surface area contributed by atoms with E-state index in [1.54, 1.807) is 0 Å². The lowest BCUT2D eigenvalue weighted by Gasteiger charge is -2.30. The highest BCUT2D eigenvalue weighted by molar-refractivity contribution is 8.00. The molecule has 238 valence electrons. The first-order valence-corrected chi connectivity index (χ1v) is 19.6. The van der Waals surface area contributed by atoms with E-state index in [1.165, 1.54) is 95.8 Å². The van der Waals surface area contributed by atoms with Crippen LogP contribution in [0.3, 0.4) is 0 Å². The van der Waals surface area contributed by atoms with Gasteiger partial charge in [0.05, 0.1) is 0 Å². The van der Waals surface area contributed by atoms with Crippen LogP contribution in [0.4, 0.5) is 0 Å². The van der Waals surface area contributed by atoms with Crippen molar-refractivity contribution in [2.45, 2.75) is 59.1 Å². The Kier molecular flexibility index (Phi) is 7.06. The summed E-state index contributed by atoms with van der Waals surface area (Å²) in [6.07, 6.45) is 0. The van der Waals surface area contributed by atoms with Gasteiger partial charge in [0.1, 0.15) is 0 Å². The average Bonchev–Trinajstić information content (AvgIpc) is 3.14. The van der Waals surface area contributed by atoms with Gasteiger partial charge in [-0.1, -0.05) is 193 Å². The molecule has 0 amide bonds. The van der Waals surface area contributed by atoms with Gasteiger partial charge in [-0.25, -0.2) is 0 Å². The fourth-order valence-corrected chi connectivity index (χ4v) is 11.3. The minimum atomic E-state index is 0.170. The lowest BCUT2D eigenvalue weighted by molar-refractivity contribution is 0.877. The summed E-state index contributed by atoms with van der Waals surface area (Å²) >= 11 is 3.83. The van der Waals surface area contributed by atoms with Gasteiger partial charge >= 0.3 is 0 Å². The van der Waals surface area contributed by atoms with Gasteiger partial charge in [-0.05, 0) is 79.5 Å². The van der Waals surface area contributed by atoms with Gasteiger partial charge in [0.2, 0.25) is 13.4 Å². The van der Waals surface area contributed by atoms with Gasteiger partial charge in [0, 0.05) is 19.6 Å². The molecule has 0 fully saturated rings. The van der Waals surface area contributed by atoms with E-state index in [9.17, 15) is 0 Å². The van der Waals surface area contributed by atoms with E-state index >= 15 is 0 Å². The molecular formula is C46H36B2S2. The standard InChI is InChI=1S/C46H36B2S2/c1-27(2)33-25-39(47-35-13-5-9-17-41(35)49-42-18-10-6-14-36(42)47)31-24-22-30-34(28(3)4)26-40(32-23-21-29(33)45(31)46(30)32)48-37-15-7-11-19-43(37)50-44-20-12-8-16-38(44)48/h5-28H,1-4H3. The van der Waals surface area contributed by atoms with Crippen molar-refractivity contribution >= 4 is 102 Å². The Morgan fingerprint density at radius 1 is 0.360 bits per heavy atom. The summed E-state index contributed by atoms with van der Waals surface area (Å²) in [7, 11) is 0. The maximum atomic E-state index is 2.57. The predicted octanol–water partition coefficient (Wildman–Crippen LogP) is 8.79. The SMILES string of the molecule is CC(C)c1cc(B2c3ccccc3Sc3ccccc32)c2ccc3c(C(C)C)cc(B4c5ccccc5Sc5ccccc54)c4ccc1c2c43. The first-order chi connectivity index (χ1) is 24.5. The Hall–Kier alpha value is -4.37. The molecule has 50 heavy (non-hydrogen) atoms. The van der Waals surface area contributed by atoms with E-state index in [4.69, 9.17) is 0 Å². The molecule has 8 aromatic carbocycles. The van der Waals surface area contributed by atoms with Crippen LogP contribution < -0.4 is 32.8 Å². The fourth-order valence-electron chi connectivity index (χ4n) is 9.03. The van der Waals surface area contributed by atoms with Gasteiger partial charge in [0.25, 0.3) is 0 Å². The molecule has 8 aromatic rings. The van der Waals surface area contributed by atoms with Crippen LogP contribution in [0.1, 0.15) is 50.7 Å². The number of hydrogen-bond acceptors (Lipinski definition) is 2. The molecule has 2 aliphatic rings. The van der Waals surface area contributed by atoms with Crippen molar-refractivity contribution in [2.75, 3.05) is 0 Å². The molecule has 4 heteroatoms. The van der Waals surface area contributed by atoms with Crippen LogP contribution in [0.15, 0.2) is 153 Å². The molecule has 0 aliphatic carbocycles. The Balaban J connectivity index is 1.35. The van der Waals surface area contributed by atoms with E-state index in [-0.39, 0.29) is 13.4 Å². The molecule has 0 bridgehead atoms. The van der Waals surface area contributed by atoms with Crippen LogP contribution in [0.25, 0.3) is 32.3 Å². The Labute approximate surface area is 304 Å². The normalized spacial score (nSPS) is 13.7. The Morgan fingerprint density at radius 2 is 0.660 bits per heavy atom. The third kappa shape index (κ3) is 4.44. The van der Waals surface area contributed by atoms with Gasteiger partial charge in [-0.15, -0.1) is 0 Å². The van der Waals surface area contributed by atoms with Gasteiger partial charge < -0.3 is 0 Å². The predicted molar refractivity (Wildman–Crippen MR) is 222 cm³/mol. The molecule has 0 nitrogen and oxygen atoms in total. The molecular weight excluding hydrogens is 638 g/mol. The van der Waals surface area contributed by atoms with Crippen molar-refractivity contribution < 1.29 is 0 Å². The molecule has 0 unspecified atom stereocenters. The quantitative estimate of drug-likeness (QED) is 0.135. The van der Waals surface area contributed by atoms with Crippen molar-refractivity contribution in [3.8, 4) is 0 Å². The zero-order valence-corrected chi connectivity index (χ0v) is 30.5. The molecule has 0 radical (unpaired) electrons. The van der Waals surface area contributed by atoms with Crippen molar-refractivity contribution in [1.82, 2.24) is 0 Å². The van der Waals surface area contributed by atoms with E-state index < -0.39 is 0 Å². The molecule has 0 atom stereocenters. The lowest BCUT2D eigenvalue weighted by atomic mass is 9.35. The lowest BCUT2D eigenvalue weighted by Crippen LogP contribution is -2.55. The molecule has 0 N–H and O–H groups in total. The van der Waals surface area contributed by atoms with Crippen LogP contribution in [0, 0.1) is 0 Å². The van der Waals surface area contributed by atoms with Gasteiger partial charge in [-0.2, -0.15) is 0 Å². The van der Waals surface area contributed by atoms with Gasteiger partial charge in [-0.3, -0.25) is 0 Å². The summed E-state index contributed by atoms with van der Waals surface area (Å²) in [6, 6.07) is 51.3. The van der Waals surface area contributed by atoms with E-state index in [2.05, 4.69) is 161 Å². The van der Waals surface area contributed by atoms with E-state index in [0.717, 1.165) is 0 Å². The van der Waals surface area contributed by atoms with Crippen molar-refractivity contribution in [2.24, 2.45) is 0 Å². The van der Waals surface area contributed by atoms with Gasteiger partial charge in [0.15, 0.2) is 0 Å². The van der Waals surface area contributed by atoms with Crippen molar-refractivity contribution in [3.63, 3.8) is 0 Å². The van der Waals surface area contributed by atoms with Crippen LogP contribution in [0.5, 0.6) is 0 Å². The summed E-state index contributed by atoms with van der Waals surface area (Å²) in [5.74, 6) is 0.778. The second kappa shape index (κ2) is 11.6. The summed E-state index contributed by atoms with van der Waals surface area (Å²) in [5, 5.41) is 8.44. The van der Waals surface area contributed by atoms with Crippen molar-refractivity contribution in [3.05, 3.63) is 145 Å². The van der Waals surface area contributed by atoms with Crippen LogP contribution in [-0.2, 0) is 0 Å². The molecule has 10 rings (SSSR count). The Bertz CT molecular complexity index is 2360. The monoisotopic (exact) mass is 674 g/mol. The maximum absolute atomic E-state index is 2.57. The smallest absolute Gasteiger partial charge is 0.0912 e. The topological polar surface area (TPSA) is 0 Å². The summed E-state index contributed by atoms with van der Waals surface area (Å²) in [6.45, 7) is 9.81. The third-order valence-corrected chi connectivity index (χ3v) is 13.6. The molecule has 0 aromatic heterocycles. The highest BCUT2D eigenvalue weighted by Gasteiger charge is 2.36. The summed E-state index contributed by atoms with van der Waals surface area (Å²) in [4.78, 5) is 5.46. The third-order valence-electron chi connectivity index (χ3n) is 11.3. The number of benzene rings is 8. The number of hydrogen-bond donors (Lipinski definition) is 0.